The van der Waals surface area contributed by atoms with Crippen LogP contribution >= 0.6 is 0 Å². The maximum Gasteiger partial charge on any atom is 0.307 e. The van der Waals surface area contributed by atoms with Gasteiger partial charge >= 0.3 is 5.97 Å². The fourth-order valence-electron chi connectivity index (χ4n) is 0.923. The van der Waals surface area contributed by atoms with Crippen LogP contribution in [0.5, 0.6) is 0 Å². The smallest absolute Gasteiger partial charge is 0.307 e. The van der Waals surface area contributed by atoms with E-state index in [1.807, 2.05) is 0 Å². The minimum absolute atomic E-state index is 0.174. The van der Waals surface area contributed by atoms with Gasteiger partial charge in [-0.1, -0.05) is 12.2 Å². The molecule has 0 unspecified atom stereocenters. The molecule has 0 spiro atoms. The van der Waals surface area contributed by atoms with E-state index in [2.05, 4.69) is 0 Å². The van der Waals surface area contributed by atoms with Crippen molar-refractivity contribution in [2.75, 3.05) is 0 Å². The molecule has 0 heterocycles. The lowest BCUT2D eigenvalue weighted by molar-refractivity contribution is -0.135. The van der Waals surface area contributed by atoms with Crippen molar-refractivity contribution in [3.05, 3.63) is 41.5 Å². The Kier molecular flexibility index (Phi) is 3.34. The molecule has 1 aromatic rings. The van der Waals surface area contributed by atoms with E-state index in [0.717, 1.165) is 12.1 Å². The molecule has 0 amide bonds. The summed E-state index contributed by atoms with van der Waals surface area (Å²) < 4.78 is 25.4. The predicted molar refractivity (Wildman–Crippen MR) is 47.6 cm³/mol. The fraction of sp³-hybridized carbons (Fsp3) is 0.100. The van der Waals surface area contributed by atoms with Crippen LogP contribution in [0.25, 0.3) is 6.08 Å². The van der Waals surface area contributed by atoms with Gasteiger partial charge in [0.2, 0.25) is 0 Å². The summed E-state index contributed by atoms with van der Waals surface area (Å²) in [6.07, 6.45) is 2.43. The van der Waals surface area contributed by atoms with Crippen LogP contribution in [0.4, 0.5) is 8.78 Å². The van der Waals surface area contributed by atoms with Crippen molar-refractivity contribution in [1.29, 1.82) is 0 Å². The molecule has 0 bridgehead atoms. The highest BCUT2D eigenvalue weighted by molar-refractivity contribution is 5.70. The second kappa shape index (κ2) is 4.50. The highest BCUT2D eigenvalue weighted by Crippen LogP contribution is 2.11. The number of hydrogen-bond acceptors (Lipinski definition) is 1. The second-order valence-corrected chi connectivity index (χ2v) is 2.67. The average molecular weight is 198 g/mol. The Bertz CT molecular complexity index is 372. The van der Waals surface area contributed by atoms with Crippen molar-refractivity contribution in [2.45, 2.75) is 6.42 Å². The van der Waals surface area contributed by atoms with Crippen LogP contribution in [0.3, 0.4) is 0 Å². The third-order valence-electron chi connectivity index (χ3n) is 1.55. The Morgan fingerprint density at radius 1 is 1.43 bits per heavy atom. The standard InChI is InChI=1S/C10H8F2O2/c11-8-5-4-7(9(12)6-8)2-1-3-10(13)14/h1-2,4-6H,3H2,(H,13,14)/b2-1+. The Morgan fingerprint density at radius 3 is 2.71 bits per heavy atom. The van der Waals surface area contributed by atoms with E-state index >= 15 is 0 Å². The Balaban J connectivity index is 2.76. The molecule has 1 N–H and O–H groups in total. The third-order valence-corrected chi connectivity index (χ3v) is 1.55. The van der Waals surface area contributed by atoms with E-state index in [1.54, 1.807) is 0 Å². The van der Waals surface area contributed by atoms with Gasteiger partial charge in [0, 0.05) is 11.6 Å². The molecule has 0 aromatic heterocycles. The van der Waals surface area contributed by atoms with Crippen molar-refractivity contribution >= 4 is 12.0 Å². The van der Waals surface area contributed by atoms with Crippen LogP contribution in [0, 0.1) is 11.6 Å². The van der Waals surface area contributed by atoms with Gasteiger partial charge in [0.05, 0.1) is 6.42 Å². The number of benzene rings is 1. The minimum atomic E-state index is -0.997. The monoisotopic (exact) mass is 198 g/mol. The maximum atomic E-state index is 12.9. The molecule has 2 nitrogen and oxygen atoms in total. The van der Waals surface area contributed by atoms with Gasteiger partial charge in [-0.3, -0.25) is 4.79 Å². The van der Waals surface area contributed by atoms with Gasteiger partial charge in [0.1, 0.15) is 11.6 Å². The summed E-state index contributed by atoms with van der Waals surface area (Å²) in [4.78, 5) is 10.1. The zero-order valence-electron chi connectivity index (χ0n) is 7.21. The fourth-order valence-corrected chi connectivity index (χ4v) is 0.923. The summed E-state index contributed by atoms with van der Waals surface area (Å²) >= 11 is 0. The number of halogens is 2. The van der Waals surface area contributed by atoms with Gasteiger partial charge in [-0.05, 0) is 12.1 Å². The molecule has 0 atom stereocenters. The van der Waals surface area contributed by atoms with Gasteiger partial charge in [0.25, 0.3) is 0 Å². The van der Waals surface area contributed by atoms with E-state index in [4.69, 9.17) is 5.11 Å². The van der Waals surface area contributed by atoms with E-state index in [9.17, 15) is 13.6 Å². The minimum Gasteiger partial charge on any atom is -0.481 e. The first-order valence-electron chi connectivity index (χ1n) is 3.93. The maximum absolute atomic E-state index is 12.9. The molecule has 0 saturated heterocycles. The van der Waals surface area contributed by atoms with Crippen LogP contribution in [-0.2, 0) is 4.79 Å². The zero-order chi connectivity index (χ0) is 10.6. The highest BCUT2D eigenvalue weighted by Gasteiger charge is 1.99. The highest BCUT2D eigenvalue weighted by atomic mass is 19.1. The van der Waals surface area contributed by atoms with Crippen molar-refractivity contribution in [1.82, 2.24) is 0 Å². The number of carboxylic acids is 1. The molecular weight excluding hydrogens is 190 g/mol. The van der Waals surface area contributed by atoms with Gasteiger partial charge in [0.15, 0.2) is 0 Å². The summed E-state index contributed by atoms with van der Waals surface area (Å²) in [5.41, 5.74) is 0.174. The van der Waals surface area contributed by atoms with E-state index < -0.39 is 17.6 Å². The second-order valence-electron chi connectivity index (χ2n) is 2.67. The normalized spacial score (nSPS) is 10.7. The predicted octanol–water partition coefficient (Wildman–Crippen LogP) is 2.45. The Labute approximate surface area is 79.5 Å². The largest absolute Gasteiger partial charge is 0.481 e. The number of carbonyl (C=O) groups is 1. The number of rotatable bonds is 3. The van der Waals surface area contributed by atoms with E-state index in [0.29, 0.717) is 0 Å². The molecule has 4 heteroatoms. The van der Waals surface area contributed by atoms with Crippen LogP contribution in [0.2, 0.25) is 0 Å². The number of carboxylic acid groups (broad SMARTS) is 1. The van der Waals surface area contributed by atoms with Gasteiger partial charge in [-0.15, -0.1) is 0 Å². The van der Waals surface area contributed by atoms with Gasteiger partial charge in [-0.2, -0.15) is 0 Å². The molecular formula is C10H8F2O2. The quantitative estimate of drug-likeness (QED) is 0.809. The van der Waals surface area contributed by atoms with Crippen molar-refractivity contribution in [2.24, 2.45) is 0 Å². The van der Waals surface area contributed by atoms with E-state index in [1.165, 1.54) is 18.2 Å². The molecule has 0 aliphatic rings. The molecule has 0 aliphatic heterocycles. The van der Waals surface area contributed by atoms with Crippen molar-refractivity contribution < 1.29 is 18.7 Å². The SMILES string of the molecule is O=C(O)C/C=C/c1ccc(F)cc1F. The molecule has 14 heavy (non-hydrogen) atoms. The molecule has 1 rings (SSSR count). The average Bonchev–Trinajstić information content (AvgIpc) is 2.08. The summed E-state index contributed by atoms with van der Waals surface area (Å²) in [7, 11) is 0. The summed E-state index contributed by atoms with van der Waals surface area (Å²) in [5, 5.41) is 8.30. The van der Waals surface area contributed by atoms with Gasteiger partial charge < -0.3 is 5.11 Å². The zero-order valence-corrected chi connectivity index (χ0v) is 7.21. The lowest BCUT2D eigenvalue weighted by atomic mass is 10.2. The van der Waals surface area contributed by atoms with Crippen LogP contribution in [0.15, 0.2) is 24.3 Å². The van der Waals surface area contributed by atoms with Crippen molar-refractivity contribution in [3.8, 4) is 0 Å². The molecule has 0 fully saturated rings. The molecule has 0 saturated carbocycles. The third kappa shape index (κ3) is 2.97. The summed E-state index contributed by atoms with van der Waals surface area (Å²) in [6.45, 7) is 0. The molecule has 1 aromatic carbocycles. The lowest BCUT2D eigenvalue weighted by Gasteiger charge is -1.95. The van der Waals surface area contributed by atoms with Crippen LogP contribution in [-0.4, -0.2) is 11.1 Å². The first-order valence-corrected chi connectivity index (χ1v) is 3.93. The first-order chi connectivity index (χ1) is 6.59. The van der Waals surface area contributed by atoms with Crippen LogP contribution in [0.1, 0.15) is 12.0 Å². The molecule has 0 radical (unpaired) electrons. The summed E-state index contributed by atoms with van der Waals surface area (Å²) in [6, 6.07) is 3.12. The topological polar surface area (TPSA) is 37.3 Å². The summed E-state index contributed by atoms with van der Waals surface area (Å²) in [5.74, 6) is -2.35. The number of hydrogen-bond donors (Lipinski definition) is 1. The lowest BCUT2D eigenvalue weighted by Crippen LogP contribution is -1.90. The van der Waals surface area contributed by atoms with Crippen LogP contribution < -0.4 is 0 Å². The number of aliphatic carboxylic acids is 1. The van der Waals surface area contributed by atoms with Crippen molar-refractivity contribution in [3.63, 3.8) is 0 Å². The Hall–Kier alpha value is -1.71. The molecule has 74 valence electrons. The first kappa shape index (κ1) is 10.4. The van der Waals surface area contributed by atoms with E-state index in [-0.39, 0.29) is 12.0 Å². The van der Waals surface area contributed by atoms with Gasteiger partial charge in [-0.25, -0.2) is 8.78 Å². The Morgan fingerprint density at radius 2 is 2.14 bits per heavy atom. The molecule has 0 aliphatic carbocycles.